The first-order valence-electron chi connectivity index (χ1n) is 9.35. The van der Waals surface area contributed by atoms with Gasteiger partial charge in [0, 0.05) is 17.8 Å². The molecule has 0 amide bonds. The number of nitrogens with zero attached hydrogens (tertiary/aromatic N) is 3. The molecule has 0 aliphatic rings. The highest BCUT2D eigenvalue weighted by molar-refractivity contribution is 8.00. The first kappa shape index (κ1) is 20.9. The highest BCUT2D eigenvalue weighted by Crippen LogP contribution is 2.29. The van der Waals surface area contributed by atoms with Gasteiger partial charge in [-0.05, 0) is 33.3 Å². The third-order valence-corrected chi connectivity index (χ3v) is 5.87. The molecule has 0 aliphatic heterocycles. The molecule has 2 aromatic heterocycles. The lowest BCUT2D eigenvalue weighted by Crippen LogP contribution is -2.16. The Labute approximate surface area is 173 Å². The van der Waals surface area contributed by atoms with Crippen LogP contribution in [0.2, 0.25) is 0 Å². The van der Waals surface area contributed by atoms with Crippen LogP contribution in [0.4, 0.5) is 0 Å². The number of aromatic nitrogens is 4. The van der Waals surface area contributed by atoms with E-state index < -0.39 is 11.2 Å². The van der Waals surface area contributed by atoms with Crippen LogP contribution >= 0.6 is 11.8 Å². The summed E-state index contributed by atoms with van der Waals surface area (Å²) in [5.41, 5.74) is 3.04. The van der Waals surface area contributed by atoms with Crippen LogP contribution in [0.15, 0.2) is 35.5 Å². The summed E-state index contributed by atoms with van der Waals surface area (Å²) < 4.78 is 6.82. The van der Waals surface area contributed by atoms with E-state index >= 15 is 0 Å². The predicted molar refractivity (Wildman–Crippen MR) is 112 cm³/mol. The Hall–Kier alpha value is -2.87. The number of benzene rings is 1. The summed E-state index contributed by atoms with van der Waals surface area (Å²) >= 11 is 1.35. The smallest absolute Gasteiger partial charge is 0.339 e. The van der Waals surface area contributed by atoms with Crippen molar-refractivity contribution >= 4 is 23.5 Å². The number of Topliss-reactive ketones (excluding diaryl/α,β-unsaturated/α-hetero) is 1. The Bertz CT molecular complexity index is 1040. The third-order valence-electron chi connectivity index (χ3n) is 4.79. The first-order valence-corrected chi connectivity index (χ1v) is 10.2. The summed E-state index contributed by atoms with van der Waals surface area (Å²) in [6.45, 7) is 8.05. The van der Waals surface area contributed by atoms with E-state index in [9.17, 15) is 9.59 Å². The summed E-state index contributed by atoms with van der Waals surface area (Å²) in [4.78, 5) is 28.1. The maximum atomic E-state index is 13.1. The molecule has 0 spiro atoms. The van der Waals surface area contributed by atoms with E-state index in [-0.39, 0.29) is 5.78 Å². The molecule has 0 unspecified atom stereocenters. The molecule has 0 saturated carbocycles. The maximum absolute atomic E-state index is 13.1. The number of hydrogen-bond donors (Lipinski definition) is 1. The number of hydrogen-bond acceptors (Lipinski definition) is 6. The fourth-order valence-corrected chi connectivity index (χ4v) is 4.25. The molecule has 0 radical (unpaired) electrons. The van der Waals surface area contributed by atoms with E-state index in [0.717, 1.165) is 11.4 Å². The molecule has 1 atom stereocenters. The number of nitrogens with one attached hydrogen (secondary N) is 1. The number of methoxy groups -OCH3 is 1. The van der Waals surface area contributed by atoms with Crippen LogP contribution < -0.4 is 0 Å². The zero-order valence-corrected chi connectivity index (χ0v) is 18.0. The van der Waals surface area contributed by atoms with Gasteiger partial charge in [-0.2, -0.15) is 0 Å². The Morgan fingerprint density at radius 3 is 2.52 bits per heavy atom. The Balaban J connectivity index is 1.86. The van der Waals surface area contributed by atoms with Crippen molar-refractivity contribution in [3.63, 3.8) is 0 Å². The minimum Gasteiger partial charge on any atom is -0.465 e. The number of aromatic amines is 1. The van der Waals surface area contributed by atoms with Gasteiger partial charge in [-0.15, -0.1) is 10.2 Å². The summed E-state index contributed by atoms with van der Waals surface area (Å²) in [7, 11) is 1.33. The monoisotopic (exact) mass is 412 g/mol. The normalized spacial score (nSPS) is 12.0. The number of rotatable bonds is 7. The van der Waals surface area contributed by atoms with Crippen molar-refractivity contribution in [2.75, 3.05) is 7.11 Å². The quantitative estimate of drug-likeness (QED) is 0.358. The molecule has 8 heteroatoms. The van der Waals surface area contributed by atoms with E-state index in [2.05, 4.69) is 15.2 Å². The molecular formula is C21H24N4O3S. The second-order valence-corrected chi connectivity index (χ2v) is 7.97. The van der Waals surface area contributed by atoms with Crippen LogP contribution in [-0.4, -0.2) is 43.9 Å². The Morgan fingerprint density at radius 1 is 1.21 bits per heavy atom. The van der Waals surface area contributed by atoms with Gasteiger partial charge in [0.2, 0.25) is 0 Å². The predicted octanol–water partition coefficient (Wildman–Crippen LogP) is 4.06. The van der Waals surface area contributed by atoms with Crippen LogP contribution in [0.1, 0.15) is 46.0 Å². The van der Waals surface area contributed by atoms with Gasteiger partial charge < -0.3 is 14.3 Å². The van der Waals surface area contributed by atoms with Crippen molar-refractivity contribution in [3.05, 3.63) is 52.8 Å². The van der Waals surface area contributed by atoms with Gasteiger partial charge in [-0.1, -0.05) is 42.1 Å². The molecule has 3 rings (SSSR count). The van der Waals surface area contributed by atoms with Crippen LogP contribution in [-0.2, 0) is 11.3 Å². The molecule has 0 aliphatic carbocycles. The van der Waals surface area contributed by atoms with Gasteiger partial charge in [-0.25, -0.2) is 4.79 Å². The van der Waals surface area contributed by atoms with Gasteiger partial charge >= 0.3 is 5.97 Å². The number of ether oxygens (including phenoxy) is 1. The van der Waals surface area contributed by atoms with Gasteiger partial charge in [0.05, 0.1) is 23.6 Å². The molecule has 3 aromatic rings. The van der Waals surface area contributed by atoms with Crippen molar-refractivity contribution in [3.8, 4) is 11.4 Å². The fourth-order valence-electron chi connectivity index (χ4n) is 3.28. The Kier molecular flexibility index (Phi) is 6.22. The van der Waals surface area contributed by atoms with Crippen LogP contribution in [0, 0.1) is 13.8 Å². The molecule has 0 saturated heterocycles. The minimum absolute atomic E-state index is 0.0994. The highest BCUT2D eigenvalue weighted by atomic mass is 32.2. The second kappa shape index (κ2) is 8.65. The molecule has 2 heterocycles. The van der Waals surface area contributed by atoms with Crippen LogP contribution in [0.25, 0.3) is 11.4 Å². The fraction of sp³-hybridized carbons (Fsp3) is 0.333. The zero-order valence-electron chi connectivity index (χ0n) is 17.1. The van der Waals surface area contributed by atoms with E-state index in [1.807, 2.05) is 48.7 Å². The van der Waals surface area contributed by atoms with E-state index in [4.69, 9.17) is 4.74 Å². The molecule has 0 bridgehead atoms. The van der Waals surface area contributed by atoms with E-state index in [0.29, 0.717) is 34.2 Å². The molecule has 7 nitrogen and oxygen atoms in total. The molecule has 29 heavy (non-hydrogen) atoms. The highest BCUT2D eigenvalue weighted by Gasteiger charge is 2.27. The van der Waals surface area contributed by atoms with Gasteiger partial charge in [-0.3, -0.25) is 4.79 Å². The number of carbonyl (C=O) groups excluding carboxylic acids is 2. The molecule has 152 valence electrons. The second-order valence-electron chi connectivity index (χ2n) is 6.66. The van der Waals surface area contributed by atoms with Crippen molar-refractivity contribution in [2.45, 2.75) is 44.6 Å². The van der Waals surface area contributed by atoms with Gasteiger partial charge in [0.15, 0.2) is 16.8 Å². The number of esters is 1. The first-order chi connectivity index (χ1) is 13.9. The number of H-pyrrole nitrogens is 1. The van der Waals surface area contributed by atoms with Gasteiger partial charge in [0.1, 0.15) is 0 Å². The lowest BCUT2D eigenvalue weighted by atomic mass is 10.1. The lowest BCUT2D eigenvalue weighted by molar-refractivity contribution is 0.0599. The number of ketones is 1. The van der Waals surface area contributed by atoms with Crippen molar-refractivity contribution < 1.29 is 14.3 Å². The van der Waals surface area contributed by atoms with E-state index in [1.165, 1.54) is 18.9 Å². The van der Waals surface area contributed by atoms with Crippen LogP contribution in [0.5, 0.6) is 0 Å². The van der Waals surface area contributed by atoms with E-state index in [1.54, 1.807) is 13.8 Å². The maximum Gasteiger partial charge on any atom is 0.339 e. The largest absolute Gasteiger partial charge is 0.465 e. The van der Waals surface area contributed by atoms with Crippen molar-refractivity contribution in [1.82, 2.24) is 19.7 Å². The number of carbonyl (C=O) groups is 2. The summed E-state index contributed by atoms with van der Waals surface area (Å²) in [5.74, 6) is 0.224. The van der Waals surface area contributed by atoms with Crippen LogP contribution in [0.3, 0.4) is 0 Å². The van der Waals surface area contributed by atoms with Crippen molar-refractivity contribution in [1.29, 1.82) is 0 Å². The minimum atomic E-state index is -0.450. The third kappa shape index (κ3) is 3.98. The molecule has 1 N–H and O–H groups in total. The zero-order chi connectivity index (χ0) is 21.1. The van der Waals surface area contributed by atoms with Gasteiger partial charge in [0.25, 0.3) is 0 Å². The lowest BCUT2D eigenvalue weighted by Gasteiger charge is -2.11. The molecule has 1 aromatic carbocycles. The average molecular weight is 413 g/mol. The SMILES string of the molecule is CCn1c(S[C@H](C)C(=O)c2[nH]c(C)c(C(=O)OC)c2C)nnc1-c1ccccc1. The standard InChI is InChI=1S/C21H24N4O3S/c1-6-25-19(15-10-8-7-9-11-15)23-24-21(25)29-14(4)18(26)17-12(2)16(13(3)22-17)20(27)28-5/h7-11,14,22H,6H2,1-5H3/t14-/m1/s1. The molecule has 0 fully saturated rings. The molecular weight excluding hydrogens is 388 g/mol. The summed E-state index contributed by atoms with van der Waals surface area (Å²) in [5, 5.41) is 8.90. The number of aryl methyl sites for hydroxylation is 1. The number of thioether (sulfide) groups is 1. The average Bonchev–Trinajstić information content (AvgIpc) is 3.27. The Morgan fingerprint density at radius 2 is 1.90 bits per heavy atom. The summed E-state index contributed by atoms with van der Waals surface area (Å²) in [6, 6.07) is 9.84. The van der Waals surface area contributed by atoms with Crippen molar-refractivity contribution in [2.24, 2.45) is 0 Å². The topological polar surface area (TPSA) is 89.9 Å². The summed E-state index contributed by atoms with van der Waals surface area (Å²) in [6.07, 6.45) is 0.